The van der Waals surface area contributed by atoms with Crippen molar-refractivity contribution in [3.8, 4) is 6.07 Å². The summed E-state index contributed by atoms with van der Waals surface area (Å²) >= 11 is 0. The summed E-state index contributed by atoms with van der Waals surface area (Å²) in [6, 6.07) is 15.6. The molecule has 2 atom stereocenters. The lowest BCUT2D eigenvalue weighted by Gasteiger charge is -2.25. The van der Waals surface area contributed by atoms with Crippen molar-refractivity contribution in [2.45, 2.75) is 12.5 Å². The van der Waals surface area contributed by atoms with Gasteiger partial charge in [-0.05, 0) is 23.3 Å². The molecule has 0 saturated carbocycles. The third kappa shape index (κ3) is 3.20. The molecule has 0 fully saturated rings. The molecule has 1 N–H and O–H groups in total. The minimum atomic E-state index is -1.42. The molecule has 26 heavy (non-hydrogen) atoms. The molecule has 1 aliphatic heterocycles. The Morgan fingerprint density at radius 3 is 2.62 bits per heavy atom. The van der Waals surface area contributed by atoms with E-state index in [9.17, 15) is 14.4 Å². The standard InChI is InChI=1S/C20H16N2O4/c1-22-19(24)16(11-21)18(23)13-7-8-15-14(9-13)10-17(26-20(15)25)12-5-3-2-4-6-12/h2-9,16-17H,10H2,1H3,(H,22,24). The van der Waals surface area contributed by atoms with Gasteiger partial charge in [0.05, 0.1) is 11.6 Å². The van der Waals surface area contributed by atoms with Crippen LogP contribution in [0.25, 0.3) is 0 Å². The van der Waals surface area contributed by atoms with E-state index in [1.807, 2.05) is 30.3 Å². The van der Waals surface area contributed by atoms with Crippen molar-refractivity contribution in [1.82, 2.24) is 5.32 Å². The molecule has 0 saturated heterocycles. The van der Waals surface area contributed by atoms with Crippen LogP contribution in [0.5, 0.6) is 0 Å². The summed E-state index contributed by atoms with van der Waals surface area (Å²) in [4.78, 5) is 36.5. The number of nitriles is 1. The third-order valence-corrected chi connectivity index (χ3v) is 4.34. The summed E-state index contributed by atoms with van der Waals surface area (Å²) in [5.41, 5.74) is 2.14. The predicted molar refractivity (Wildman–Crippen MR) is 92.2 cm³/mol. The van der Waals surface area contributed by atoms with Crippen LogP contribution >= 0.6 is 0 Å². The first-order valence-corrected chi connectivity index (χ1v) is 8.09. The van der Waals surface area contributed by atoms with Crippen LogP contribution in [0.2, 0.25) is 0 Å². The average Bonchev–Trinajstić information content (AvgIpc) is 2.68. The fourth-order valence-electron chi connectivity index (χ4n) is 2.95. The number of carbonyl (C=O) groups excluding carboxylic acids is 3. The lowest BCUT2D eigenvalue weighted by atomic mass is 9.90. The van der Waals surface area contributed by atoms with Crippen LogP contribution in [0.4, 0.5) is 0 Å². The van der Waals surface area contributed by atoms with Crippen molar-refractivity contribution in [2.75, 3.05) is 7.05 Å². The molecule has 1 heterocycles. The van der Waals surface area contributed by atoms with Crippen LogP contribution in [0.1, 0.15) is 37.9 Å². The molecule has 0 aliphatic carbocycles. The van der Waals surface area contributed by atoms with E-state index in [0.717, 1.165) is 5.56 Å². The highest BCUT2D eigenvalue weighted by atomic mass is 16.5. The van der Waals surface area contributed by atoms with Crippen LogP contribution in [0.3, 0.4) is 0 Å². The fourth-order valence-corrected chi connectivity index (χ4v) is 2.95. The largest absolute Gasteiger partial charge is 0.454 e. The smallest absolute Gasteiger partial charge is 0.339 e. The van der Waals surface area contributed by atoms with E-state index in [0.29, 0.717) is 17.5 Å². The van der Waals surface area contributed by atoms with Crippen LogP contribution in [-0.2, 0) is 16.0 Å². The Labute approximate surface area is 150 Å². The molecule has 0 bridgehead atoms. The van der Waals surface area contributed by atoms with Gasteiger partial charge in [-0.2, -0.15) is 5.26 Å². The molecule has 1 amide bonds. The van der Waals surface area contributed by atoms with E-state index >= 15 is 0 Å². The van der Waals surface area contributed by atoms with Gasteiger partial charge in [0, 0.05) is 19.0 Å². The van der Waals surface area contributed by atoms with Crippen molar-refractivity contribution in [3.63, 3.8) is 0 Å². The number of rotatable bonds is 4. The molecule has 0 aromatic heterocycles. The quantitative estimate of drug-likeness (QED) is 0.519. The first-order chi connectivity index (χ1) is 12.5. The van der Waals surface area contributed by atoms with E-state index < -0.39 is 29.7 Å². The van der Waals surface area contributed by atoms with Gasteiger partial charge in [-0.25, -0.2) is 4.79 Å². The van der Waals surface area contributed by atoms with E-state index in [1.165, 1.54) is 19.2 Å². The lowest BCUT2D eigenvalue weighted by molar-refractivity contribution is -0.121. The molecule has 2 aromatic rings. The number of hydrogen-bond acceptors (Lipinski definition) is 5. The highest BCUT2D eigenvalue weighted by molar-refractivity contribution is 6.12. The molecule has 2 aromatic carbocycles. The van der Waals surface area contributed by atoms with Crippen molar-refractivity contribution in [1.29, 1.82) is 5.26 Å². The fraction of sp³-hybridized carbons (Fsp3) is 0.200. The second-order valence-corrected chi connectivity index (χ2v) is 5.92. The van der Waals surface area contributed by atoms with E-state index in [-0.39, 0.29) is 5.56 Å². The number of ether oxygens (including phenoxy) is 1. The maximum atomic E-state index is 12.5. The summed E-state index contributed by atoms with van der Waals surface area (Å²) in [7, 11) is 1.37. The number of benzene rings is 2. The van der Waals surface area contributed by atoms with Crippen molar-refractivity contribution in [3.05, 3.63) is 70.8 Å². The van der Waals surface area contributed by atoms with Gasteiger partial charge in [0.25, 0.3) is 0 Å². The maximum Gasteiger partial charge on any atom is 0.339 e. The Bertz CT molecular complexity index is 915. The Kier molecular flexibility index (Phi) is 4.81. The molecular formula is C20H16N2O4. The number of ketones is 1. The average molecular weight is 348 g/mol. The first kappa shape index (κ1) is 17.4. The summed E-state index contributed by atoms with van der Waals surface area (Å²) in [6.07, 6.45) is -0.0177. The van der Waals surface area contributed by atoms with Crippen LogP contribution in [0.15, 0.2) is 48.5 Å². The molecule has 130 valence electrons. The molecule has 2 unspecified atom stereocenters. The van der Waals surface area contributed by atoms with Gasteiger partial charge in [0.1, 0.15) is 6.10 Å². The second-order valence-electron chi connectivity index (χ2n) is 5.92. The summed E-state index contributed by atoms with van der Waals surface area (Å²) in [6.45, 7) is 0. The van der Waals surface area contributed by atoms with Gasteiger partial charge in [0.2, 0.25) is 5.91 Å². The van der Waals surface area contributed by atoms with Gasteiger partial charge >= 0.3 is 5.97 Å². The number of esters is 1. The van der Waals surface area contributed by atoms with Crippen molar-refractivity contribution >= 4 is 17.7 Å². The van der Waals surface area contributed by atoms with Gasteiger partial charge in [-0.1, -0.05) is 36.4 Å². The predicted octanol–water partition coefficient (Wildman–Crippen LogP) is 2.21. The summed E-state index contributed by atoms with van der Waals surface area (Å²) in [5, 5.41) is 11.4. The number of nitrogens with zero attached hydrogens (tertiary/aromatic N) is 1. The monoisotopic (exact) mass is 348 g/mol. The topological polar surface area (TPSA) is 96.3 Å². The van der Waals surface area contributed by atoms with E-state index in [4.69, 9.17) is 10.00 Å². The number of amides is 1. The number of carbonyl (C=O) groups is 3. The zero-order valence-electron chi connectivity index (χ0n) is 14.1. The third-order valence-electron chi connectivity index (χ3n) is 4.34. The van der Waals surface area contributed by atoms with Gasteiger partial charge in [-0.15, -0.1) is 0 Å². The van der Waals surface area contributed by atoms with Gasteiger partial charge < -0.3 is 10.1 Å². The highest BCUT2D eigenvalue weighted by Gasteiger charge is 2.31. The Balaban J connectivity index is 1.93. The zero-order valence-corrected chi connectivity index (χ0v) is 14.1. The number of nitrogens with one attached hydrogen (secondary N) is 1. The second kappa shape index (κ2) is 7.19. The van der Waals surface area contributed by atoms with Gasteiger partial charge in [-0.3, -0.25) is 9.59 Å². The molecule has 0 radical (unpaired) electrons. The Morgan fingerprint density at radius 1 is 1.23 bits per heavy atom. The minimum absolute atomic E-state index is 0.223. The summed E-state index contributed by atoms with van der Waals surface area (Å²) in [5.74, 6) is -3.12. The van der Waals surface area contributed by atoms with E-state index in [2.05, 4.69) is 5.32 Å². The Hall–Kier alpha value is -3.46. The maximum absolute atomic E-state index is 12.5. The molecule has 6 heteroatoms. The molecular weight excluding hydrogens is 332 g/mol. The molecule has 3 rings (SSSR count). The minimum Gasteiger partial charge on any atom is -0.454 e. The molecule has 6 nitrogen and oxygen atoms in total. The molecule has 1 aliphatic rings. The number of Topliss-reactive ketones (excluding diaryl/α,β-unsaturated/α-hetero) is 1. The Morgan fingerprint density at radius 2 is 1.96 bits per heavy atom. The van der Waals surface area contributed by atoms with E-state index in [1.54, 1.807) is 12.1 Å². The lowest BCUT2D eigenvalue weighted by Crippen LogP contribution is -2.32. The zero-order chi connectivity index (χ0) is 18.7. The number of cyclic esters (lactones) is 1. The summed E-state index contributed by atoms with van der Waals surface area (Å²) < 4.78 is 5.48. The first-order valence-electron chi connectivity index (χ1n) is 8.09. The normalized spacial score (nSPS) is 16.6. The van der Waals surface area contributed by atoms with Crippen LogP contribution < -0.4 is 5.32 Å². The SMILES string of the molecule is CNC(=O)C(C#N)C(=O)c1ccc2c(c1)CC(c1ccccc1)OC2=O. The van der Waals surface area contributed by atoms with Crippen molar-refractivity contribution in [2.24, 2.45) is 5.92 Å². The highest BCUT2D eigenvalue weighted by Crippen LogP contribution is 2.31. The number of fused-ring (bicyclic) bond motifs is 1. The van der Waals surface area contributed by atoms with Gasteiger partial charge in [0.15, 0.2) is 11.7 Å². The van der Waals surface area contributed by atoms with Crippen molar-refractivity contribution < 1.29 is 19.1 Å². The van der Waals surface area contributed by atoms with Crippen LogP contribution in [-0.4, -0.2) is 24.7 Å². The van der Waals surface area contributed by atoms with Crippen LogP contribution in [0, 0.1) is 17.2 Å². The molecule has 0 spiro atoms. The number of hydrogen-bond donors (Lipinski definition) is 1.